The molecular formula is C20H21FN4O. The quantitative estimate of drug-likeness (QED) is 0.707. The molecule has 2 aromatic heterocycles. The fourth-order valence-electron chi connectivity index (χ4n) is 3.91. The molecule has 0 N–H and O–H groups in total. The van der Waals surface area contributed by atoms with E-state index in [0.29, 0.717) is 12.1 Å². The molecule has 3 aromatic rings. The highest BCUT2D eigenvalue weighted by Crippen LogP contribution is 2.37. The molecule has 134 valence electrons. The van der Waals surface area contributed by atoms with Crippen molar-refractivity contribution < 1.29 is 9.18 Å². The Morgan fingerprint density at radius 2 is 1.96 bits per heavy atom. The Hall–Kier alpha value is -2.76. The molecule has 1 aliphatic heterocycles. The Morgan fingerprint density at radius 3 is 2.69 bits per heavy atom. The maximum Gasteiger partial charge on any atom is 0.254 e. The Kier molecular flexibility index (Phi) is 3.98. The zero-order valence-electron chi connectivity index (χ0n) is 15.2. The summed E-state index contributed by atoms with van der Waals surface area (Å²) in [5.74, 6) is -0.420. The van der Waals surface area contributed by atoms with E-state index in [0.717, 1.165) is 40.8 Å². The van der Waals surface area contributed by atoms with E-state index in [1.165, 1.54) is 12.1 Å². The number of aryl methyl sites for hydroxylation is 3. The molecule has 6 heteroatoms. The predicted molar refractivity (Wildman–Crippen MR) is 97.4 cm³/mol. The second-order valence-electron chi connectivity index (χ2n) is 6.95. The van der Waals surface area contributed by atoms with Crippen molar-refractivity contribution in [2.45, 2.75) is 32.7 Å². The standard InChI is InChI=1S/C20H21FN4O/c1-12-11-13(2)22-19-17(12)18(23-24(19)3)16-5-4-10-25(16)20(26)14-6-8-15(21)9-7-14/h6-9,11,16H,4-5,10H2,1-3H3/t16-/m0/s1. The number of aromatic nitrogens is 3. The molecule has 26 heavy (non-hydrogen) atoms. The zero-order valence-corrected chi connectivity index (χ0v) is 15.2. The summed E-state index contributed by atoms with van der Waals surface area (Å²) in [5.41, 5.74) is 4.33. The van der Waals surface area contributed by atoms with Crippen molar-refractivity contribution in [2.75, 3.05) is 6.54 Å². The monoisotopic (exact) mass is 352 g/mol. The number of carbonyl (C=O) groups excluding carboxylic acids is 1. The van der Waals surface area contributed by atoms with Crippen molar-refractivity contribution in [1.82, 2.24) is 19.7 Å². The lowest BCUT2D eigenvalue weighted by Crippen LogP contribution is -2.31. The number of nitrogens with zero attached hydrogens (tertiary/aromatic N) is 4. The van der Waals surface area contributed by atoms with Crippen molar-refractivity contribution in [2.24, 2.45) is 7.05 Å². The topological polar surface area (TPSA) is 51.0 Å². The molecule has 0 unspecified atom stereocenters. The molecule has 5 nitrogen and oxygen atoms in total. The average Bonchev–Trinajstić information content (AvgIpc) is 3.20. The van der Waals surface area contributed by atoms with E-state index in [1.54, 1.807) is 16.8 Å². The van der Waals surface area contributed by atoms with Crippen molar-refractivity contribution in [1.29, 1.82) is 0 Å². The Morgan fingerprint density at radius 1 is 1.23 bits per heavy atom. The SMILES string of the molecule is Cc1cc(C)c2c([C@@H]3CCCN3C(=O)c3ccc(F)cc3)nn(C)c2n1. The molecule has 0 radical (unpaired) electrons. The van der Waals surface area contributed by atoms with Crippen LogP contribution in [0.25, 0.3) is 11.0 Å². The van der Waals surface area contributed by atoms with Crippen LogP contribution in [0.15, 0.2) is 30.3 Å². The molecule has 1 saturated heterocycles. The fourth-order valence-corrected chi connectivity index (χ4v) is 3.91. The summed E-state index contributed by atoms with van der Waals surface area (Å²) in [6.45, 7) is 4.71. The van der Waals surface area contributed by atoms with Crippen LogP contribution in [-0.4, -0.2) is 32.1 Å². The van der Waals surface area contributed by atoms with Gasteiger partial charge in [-0.05, 0) is 62.6 Å². The maximum absolute atomic E-state index is 13.2. The number of hydrogen-bond acceptors (Lipinski definition) is 3. The van der Waals surface area contributed by atoms with Gasteiger partial charge in [-0.1, -0.05) is 0 Å². The second-order valence-corrected chi connectivity index (χ2v) is 6.95. The highest BCUT2D eigenvalue weighted by molar-refractivity contribution is 5.95. The maximum atomic E-state index is 13.2. The zero-order chi connectivity index (χ0) is 18.4. The van der Waals surface area contributed by atoms with Gasteiger partial charge in [0.15, 0.2) is 5.65 Å². The lowest BCUT2D eigenvalue weighted by atomic mass is 10.0. The van der Waals surface area contributed by atoms with E-state index in [4.69, 9.17) is 5.10 Å². The molecule has 1 atom stereocenters. The normalized spacial score (nSPS) is 17.2. The van der Waals surface area contributed by atoms with Crippen LogP contribution in [0.5, 0.6) is 0 Å². The van der Waals surface area contributed by atoms with Crippen LogP contribution in [0.2, 0.25) is 0 Å². The number of likely N-dealkylation sites (tertiary alicyclic amines) is 1. The number of halogens is 1. The molecule has 1 amide bonds. The highest BCUT2D eigenvalue weighted by Gasteiger charge is 2.34. The van der Waals surface area contributed by atoms with Crippen molar-refractivity contribution >= 4 is 16.9 Å². The molecule has 1 fully saturated rings. The smallest absolute Gasteiger partial charge is 0.254 e. The molecule has 3 heterocycles. The largest absolute Gasteiger partial charge is 0.330 e. The van der Waals surface area contributed by atoms with Crippen LogP contribution in [0.4, 0.5) is 4.39 Å². The number of pyridine rings is 1. The van der Waals surface area contributed by atoms with E-state index in [-0.39, 0.29) is 17.8 Å². The van der Waals surface area contributed by atoms with Gasteiger partial charge in [-0.2, -0.15) is 5.10 Å². The van der Waals surface area contributed by atoms with Crippen LogP contribution in [-0.2, 0) is 7.05 Å². The third-order valence-corrected chi connectivity index (χ3v) is 5.07. The Bertz CT molecular complexity index is 993. The summed E-state index contributed by atoms with van der Waals surface area (Å²) in [7, 11) is 1.89. The third-order valence-electron chi connectivity index (χ3n) is 5.07. The first-order valence-electron chi connectivity index (χ1n) is 8.83. The van der Waals surface area contributed by atoms with Crippen LogP contribution in [0.1, 0.15) is 46.2 Å². The van der Waals surface area contributed by atoms with E-state index in [2.05, 4.69) is 18.0 Å². The van der Waals surface area contributed by atoms with E-state index < -0.39 is 0 Å². The minimum absolute atomic E-state index is 0.0796. The van der Waals surface area contributed by atoms with Gasteiger partial charge in [-0.3, -0.25) is 9.48 Å². The number of rotatable bonds is 2. The number of amides is 1. The summed E-state index contributed by atoms with van der Waals surface area (Å²) >= 11 is 0. The Balaban J connectivity index is 1.76. The predicted octanol–water partition coefficient (Wildman–Crippen LogP) is 3.70. The lowest BCUT2D eigenvalue weighted by molar-refractivity contribution is 0.0733. The first-order valence-corrected chi connectivity index (χ1v) is 8.83. The minimum Gasteiger partial charge on any atom is -0.330 e. The average molecular weight is 352 g/mol. The van der Waals surface area contributed by atoms with Gasteiger partial charge in [-0.15, -0.1) is 0 Å². The number of hydrogen-bond donors (Lipinski definition) is 0. The van der Waals surface area contributed by atoms with Gasteiger partial charge in [0.1, 0.15) is 5.82 Å². The first-order chi connectivity index (χ1) is 12.5. The summed E-state index contributed by atoms with van der Waals surface area (Å²) in [6.07, 6.45) is 1.79. The number of carbonyl (C=O) groups is 1. The van der Waals surface area contributed by atoms with Crippen LogP contribution < -0.4 is 0 Å². The van der Waals surface area contributed by atoms with E-state index in [9.17, 15) is 9.18 Å². The number of fused-ring (bicyclic) bond motifs is 1. The fraction of sp³-hybridized carbons (Fsp3) is 0.350. The lowest BCUT2D eigenvalue weighted by Gasteiger charge is -2.24. The second kappa shape index (κ2) is 6.20. The van der Waals surface area contributed by atoms with Crippen LogP contribution in [0.3, 0.4) is 0 Å². The molecule has 0 aliphatic carbocycles. The molecule has 0 bridgehead atoms. The molecule has 0 spiro atoms. The van der Waals surface area contributed by atoms with Crippen LogP contribution in [0, 0.1) is 19.7 Å². The van der Waals surface area contributed by atoms with Crippen molar-refractivity contribution in [3.05, 3.63) is 58.7 Å². The van der Waals surface area contributed by atoms with Gasteiger partial charge in [0.25, 0.3) is 5.91 Å². The summed E-state index contributed by atoms with van der Waals surface area (Å²) < 4.78 is 15.0. The molecule has 0 saturated carbocycles. The minimum atomic E-state index is -0.340. The van der Waals surface area contributed by atoms with Gasteiger partial charge in [0, 0.05) is 30.2 Å². The van der Waals surface area contributed by atoms with Gasteiger partial charge in [0.2, 0.25) is 0 Å². The van der Waals surface area contributed by atoms with Crippen molar-refractivity contribution in [3.8, 4) is 0 Å². The molecular weight excluding hydrogens is 331 g/mol. The highest BCUT2D eigenvalue weighted by atomic mass is 19.1. The number of benzene rings is 1. The first kappa shape index (κ1) is 16.7. The molecule has 4 rings (SSSR count). The summed E-state index contributed by atoms with van der Waals surface area (Å²) in [6, 6.07) is 7.70. The van der Waals surface area contributed by atoms with E-state index >= 15 is 0 Å². The van der Waals surface area contributed by atoms with Crippen LogP contribution >= 0.6 is 0 Å². The summed E-state index contributed by atoms with van der Waals surface area (Å²) in [5, 5.41) is 5.74. The van der Waals surface area contributed by atoms with Gasteiger partial charge in [-0.25, -0.2) is 9.37 Å². The van der Waals surface area contributed by atoms with Gasteiger partial charge in [0.05, 0.1) is 11.7 Å². The van der Waals surface area contributed by atoms with Gasteiger partial charge < -0.3 is 4.90 Å². The molecule has 1 aromatic carbocycles. The molecule has 1 aliphatic rings. The third kappa shape index (κ3) is 2.66. The van der Waals surface area contributed by atoms with E-state index in [1.807, 2.05) is 18.9 Å². The van der Waals surface area contributed by atoms with Crippen molar-refractivity contribution in [3.63, 3.8) is 0 Å². The Labute approximate surface area is 151 Å². The van der Waals surface area contributed by atoms with Gasteiger partial charge >= 0.3 is 0 Å². The summed E-state index contributed by atoms with van der Waals surface area (Å²) in [4.78, 5) is 19.5.